The van der Waals surface area contributed by atoms with Crippen LogP contribution in [0, 0.1) is 0 Å². The summed E-state index contributed by atoms with van der Waals surface area (Å²) in [4.78, 5) is 0. The van der Waals surface area contributed by atoms with Crippen LogP contribution in [0.25, 0.3) is 0 Å². The summed E-state index contributed by atoms with van der Waals surface area (Å²) in [7, 11) is 0. The topological polar surface area (TPSA) is 18.5 Å². The molecule has 0 fully saturated rings. The normalized spacial score (nSPS) is 13.9. The zero-order valence-corrected chi connectivity index (χ0v) is 15.0. The molecule has 0 rings (SSSR count). The van der Waals surface area contributed by atoms with E-state index in [9.17, 15) is 26.3 Å². The number of hydrogen-bond acceptors (Lipinski definition) is 2. The second-order valence-corrected chi connectivity index (χ2v) is 6.35. The lowest BCUT2D eigenvalue weighted by atomic mass is 10.1. The Labute approximate surface area is 144 Å². The lowest BCUT2D eigenvalue weighted by Crippen LogP contribution is -2.39. The standard InChI is InChI=1S/C17H26F6O2/c1-13(2)7-5-8-14(3)9-6-10-15(4,24-11-16(18,19)20)25-12-17(21,22)23/h7,9H,5-6,8,10-12H2,1-4H3/b14-9+. The third kappa shape index (κ3) is 15.0. The van der Waals surface area contributed by atoms with Crippen molar-refractivity contribution in [3.05, 3.63) is 23.3 Å². The van der Waals surface area contributed by atoms with Crippen molar-refractivity contribution in [2.75, 3.05) is 13.2 Å². The SMILES string of the molecule is CC(C)=CCC/C(C)=C/CCC(C)(OCC(F)(F)F)OCC(F)(F)F. The van der Waals surface area contributed by atoms with Gasteiger partial charge in [-0.2, -0.15) is 26.3 Å². The minimum Gasteiger partial charge on any atom is -0.341 e. The maximum absolute atomic E-state index is 12.3. The van der Waals surface area contributed by atoms with Gasteiger partial charge in [0.05, 0.1) is 0 Å². The number of hydrogen-bond donors (Lipinski definition) is 0. The molecule has 0 radical (unpaired) electrons. The van der Waals surface area contributed by atoms with Gasteiger partial charge in [-0.05, 0) is 47.0 Å². The zero-order chi connectivity index (χ0) is 19.7. The number of halogens is 6. The summed E-state index contributed by atoms with van der Waals surface area (Å²) >= 11 is 0. The third-order valence-electron chi connectivity index (χ3n) is 3.26. The van der Waals surface area contributed by atoms with Crippen LogP contribution in [-0.4, -0.2) is 31.4 Å². The van der Waals surface area contributed by atoms with E-state index in [4.69, 9.17) is 0 Å². The number of rotatable bonds is 10. The van der Waals surface area contributed by atoms with Gasteiger partial charge in [0.1, 0.15) is 13.2 Å². The summed E-state index contributed by atoms with van der Waals surface area (Å²) < 4.78 is 83.0. The van der Waals surface area contributed by atoms with Crippen molar-refractivity contribution in [3.63, 3.8) is 0 Å². The first-order valence-corrected chi connectivity index (χ1v) is 7.93. The Hall–Kier alpha value is -1.02. The predicted octanol–water partition coefficient (Wildman–Crippen LogP) is 6.33. The Balaban J connectivity index is 4.67. The largest absolute Gasteiger partial charge is 0.411 e. The Morgan fingerprint density at radius 2 is 1.28 bits per heavy atom. The fourth-order valence-corrected chi connectivity index (χ4v) is 1.93. The smallest absolute Gasteiger partial charge is 0.341 e. The summed E-state index contributed by atoms with van der Waals surface area (Å²) in [5.41, 5.74) is 2.19. The van der Waals surface area contributed by atoms with Crippen molar-refractivity contribution in [3.8, 4) is 0 Å². The maximum atomic E-state index is 12.3. The molecule has 0 aromatic heterocycles. The van der Waals surface area contributed by atoms with Crippen molar-refractivity contribution in [1.82, 2.24) is 0 Å². The summed E-state index contributed by atoms with van der Waals surface area (Å²) in [5.74, 6) is -1.96. The molecular weight excluding hydrogens is 350 g/mol. The van der Waals surface area contributed by atoms with Gasteiger partial charge in [-0.25, -0.2) is 0 Å². The molecule has 0 aliphatic carbocycles. The van der Waals surface area contributed by atoms with E-state index in [-0.39, 0.29) is 12.8 Å². The highest BCUT2D eigenvalue weighted by atomic mass is 19.4. The minimum absolute atomic E-state index is 0.112. The molecule has 0 saturated carbocycles. The molecule has 0 heterocycles. The summed E-state index contributed by atoms with van der Waals surface area (Å²) in [6.07, 6.45) is -3.69. The highest BCUT2D eigenvalue weighted by molar-refractivity contribution is 5.02. The molecule has 0 aromatic carbocycles. The Morgan fingerprint density at radius 3 is 1.68 bits per heavy atom. The van der Waals surface area contributed by atoms with Crippen LogP contribution in [0.3, 0.4) is 0 Å². The Morgan fingerprint density at radius 1 is 0.800 bits per heavy atom. The van der Waals surface area contributed by atoms with E-state index in [2.05, 4.69) is 15.5 Å². The molecule has 0 unspecified atom stereocenters. The quantitative estimate of drug-likeness (QED) is 0.252. The van der Waals surface area contributed by atoms with Gasteiger partial charge in [0, 0.05) is 6.42 Å². The second kappa shape index (κ2) is 10.2. The lowest BCUT2D eigenvalue weighted by molar-refractivity contribution is -0.305. The van der Waals surface area contributed by atoms with Crippen molar-refractivity contribution in [2.24, 2.45) is 0 Å². The number of ether oxygens (including phenoxy) is 2. The average Bonchev–Trinajstić information content (AvgIpc) is 2.41. The number of allylic oxidation sites excluding steroid dienone is 4. The molecule has 0 spiro atoms. The van der Waals surface area contributed by atoms with Gasteiger partial charge in [-0.15, -0.1) is 0 Å². The lowest BCUT2D eigenvalue weighted by Gasteiger charge is -2.30. The summed E-state index contributed by atoms with van der Waals surface area (Å²) in [6, 6.07) is 0. The average molecular weight is 376 g/mol. The van der Waals surface area contributed by atoms with E-state index in [1.54, 1.807) is 6.08 Å². The van der Waals surface area contributed by atoms with Gasteiger partial charge in [-0.1, -0.05) is 23.3 Å². The fourth-order valence-electron chi connectivity index (χ4n) is 1.93. The van der Waals surface area contributed by atoms with Gasteiger partial charge in [0.15, 0.2) is 5.79 Å². The van der Waals surface area contributed by atoms with Crippen molar-refractivity contribution in [1.29, 1.82) is 0 Å². The highest BCUT2D eigenvalue weighted by Crippen LogP contribution is 2.27. The molecule has 0 saturated heterocycles. The van der Waals surface area contributed by atoms with Gasteiger partial charge >= 0.3 is 12.4 Å². The monoisotopic (exact) mass is 376 g/mol. The molecule has 0 bridgehead atoms. The molecule has 25 heavy (non-hydrogen) atoms. The van der Waals surface area contributed by atoms with Crippen molar-refractivity contribution < 1.29 is 35.8 Å². The molecule has 0 aliphatic heterocycles. The van der Waals surface area contributed by atoms with Gasteiger partial charge < -0.3 is 9.47 Å². The van der Waals surface area contributed by atoms with E-state index in [1.807, 2.05) is 20.8 Å². The fraction of sp³-hybridized carbons (Fsp3) is 0.765. The molecule has 0 atom stereocenters. The van der Waals surface area contributed by atoms with E-state index < -0.39 is 31.4 Å². The zero-order valence-electron chi connectivity index (χ0n) is 15.0. The summed E-state index contributed by atoms with van der Waals surface area (Å²) in [6.45, 7) is 3.58. The third-order valence-corrected chi connectivity index (χ3v) is 3.26. The molecule has 0 aliphatic rings. The van der Waals surface area contributed by atoms with Crippen LogP contribution in [0.1, 0.15) is 53.4 Å². The maximum Gasteiger partial charge on any atom is 0.411 e. The molecule has 8 heteroatoms. The van der Waals surface area contributed by atoms with Gasteiger partial charge in [0.2, 0.25) is 0 Å². The van der Waals surface area contributed by atoms with Crippen LogP contribution in [0.15, 0.2) is 23.3 Å². The van der Waals surface area contributed by atoms with Gasteiger partial charge in [0.25, 0.3) is 0 Å². The van der Waals surface area contributed by atoms with Crippen LogP contribution < -0.4 is 0 Å². The van der Waals surface area contributed by atoms with Crippen LogP contribution in [0.5, 0.6) is 0 Å². The van der Waals surface area contributed by atoms with Crippen LogP contribution in [-0.2, 0) is 9.47 Å². The van der Waals surface area contributed by atoms with Crippen molar-refractivity contribution >= 4 is 0 Å². The summed E-state index contributed by atoms with van der Waals surface area (Å²) in [5, 5.41) is 0. The van der Waals surface area contributed by atoms with Crippen LogP contribution in [0.4, 0.5) is 26.3 Å². The van der Waals surface area contributed by atoms with E-state index >= 15 is 0 Å². The first-order valence-electron chi connectivity index (χ1n) is 7.93. The molecule has 0 amide bonds. The highest BCUT2D eigenvalue weighted by Gasteiger charge is 2.38. The predicted molar refractivity (Wildman–Crippen MR) is 84.1 cm³/mol. The van der Waals surface area contributed by atoms with Gasteiger partial charge in [-0.3, -0.25) is 0 Å². The van der Waals surface area contributed by atoms with Crippen molar-refractivity contribution in [2.45, 2.75) is 71.5 Å². The number of alkyl halides is 6. The Kier molecular flexibility index (Phi) is 9.79. The Bertz CT molecular complexity index is 427. The van der Waals surface area contributed by atoms with Crippen LogP contribution >= 0.6 is 0 Å². The molecule has 0 N–H and O–H groups in total. The molecule has 2 nitrogen and oxygen atoms in total. The van der Waals surface area contributed by atoms with E-state index in [0.29, 0.717) is 0 Å². The molecule has 0 aromatic rings. The molecular formula is C17H26F6O2. The van der Waals surface area contributed by atoms with E-state index in [1.165, 1.54) is 5.57 Å². The van der Waals surface area contributed by atoms with Crippen LogP contribution in [0.2, 0.25) is 0 Å². The first-order chi connectivity index (χ1) is 11.2. The van der Waals surface area contributed by atoms with E-state index in [0.717, 1.165) is 25.3 Å². The second-order valence-electron chi connectivity index (χ2n) is 6.35. The molecule has 148 valence electrons. The minimum atomic E-state index is -4.64. The first kappa shape index (κ1) is 24.0.